The summed E-state index contributed by atoms with van der Waals surface area (Å²) < 4.78 is 19.7. The molecule has 0 fully saturated rings. The molecule has 0 spiro atoms. The van der Waals surface area contributed by atoms with E-state index in [1.807, 2.05) is 0 Å². The molecule has 0 aliphatic carbocycles. The first-order valence-electron chi connectivity index (χ1n) is 8.93. The highest BCUT2D eigenvalue weighted by molar-refractivity contribution is 5.94. The molecule has 1 N–H and O–H groups in total. The number of carbonyl (C=O) groups is 1. The molecule has 9 heteroatoms. The maximum absolute atomic E-state index is 13.1. The van der Waals surface area contributed by atoms with Crippen LogP contribution in [0.15, 0.2) is 77.4 Å². The van der Waals surface area contributed by atoms with E-state index < -0.39 is 10.8 Å². The highest BCUT2D eigenvalue weighted by atomic mass is 19.1. The first-order valence-corrected chi connectivity index (χ1v) is 8.93. The topological polar surface area (TPSA) is 103 Å². The monoisotopic (exact) mass is 406 g/mol. The molecule has 0 atom stereocenters. The summed E-state index contributed by atoms with van der Waals surface area (Å²) in [6, 6.07) is 16.5. The number of nitrogens with zero attached hydrogens (tertiary/aromatic N) is 3. The van der Waals surface area contributed by atoms with Crippen LogP contribution in [-0.4, -0.2) is 20.6 Å². The number of non-ortho nitro benzene ring substituents is 1. The fourth-order valence-electron chi connectivity index (χ4n) is 2.90. The Bertz CT molecular complexity index is 1200. The van der Waals surface area contributed by atoms with Crippen LogP contribution in [0, 0.1) is 15.9 Å². The molecular weight excluding hydrogens is 391 g/mol. The predicted molar refractivity (Wildman–Crippen MR) is 105 cm³/mol. The third kappa shape index (κ3) is 3.95. The van der Waals surface area contributed by atoms with Crippen LogP contribution >= 0.6 is 0 Å². The van der Waals surface area contributed by atoms with E-state index in [4.69, 9.17) is 4.42 Å². The van der Waals surface area contributed by atoms with Crippen LogP contribution in [0.25, 0.3) is 17.1 Å². The van der Waals surface area contributed by atoms with E-state index in [9.17, 15) is 19.3 Å². The second-order valence-electron chi connectivity index (χ2n) is 6.39. The van der Waals surface area contributed by atoms with Gasteiger partial charge in [-0.1, -0.05) is 18.2 Å². The van der Waals surface area contributed by atoms with Crippen LogP contribution < -0.4 is 5.32 Å². The maximum Gasteiger partial charge on any atom is 0.271 e. The van der Waals surface area contributed by atoms with Gasteiger partial charge in [-0.05, 0) is 35.9 Å². The number of nitro groups is 1. The van der Waals surface area contributed by atoms with Gasteiger partial charge in [0.1, 0.15) is 17.2 Å². The zero-order chi connectivity index (χ0) is 21.1. The van der Waals surface area contributed by atoms with Crippen LogP contribution in [-0.2, 0) is 6.54 Å². The summed E-state index contributed by atoms with van der Waals surface area (Å²) in [4.78, 5) is 23.5. The van der Waals surface area contributed by atoms with Gasteiger partial charge in [0.25, 0.3) is 11.6 Å². The Morgan fingerprint density at radius 3 is 2.63 bits per heavy atom. The first-order chi connectivity index (χ1) is 14.5. The highest BCUT2D eigenvalue weighted by Crippen LogP contribution is 2.24. The van der Waals surface area contributed by atoms with Gasteiger partial charge in [0.15, 0.2) is 5.76 Å². The minimum absolute atomic E-state index is 0.125. The number of halogens is 1. The van der Waals surface area contributed by atoms with Crippen LogP contribution in [0.4, 0.5) is 10.1 Å². The van der Waals surface area contributed by atoms with Crippen molar-refractivity contribution in [2.75, 3.05) is 0 Å². The van der Waals surface area contributed by atoms with E-state index in [0.29, 0.717) is 17.1 Å². The molecule has 0 bridgehead atoms. The van der Waals surface area contributed by atoms with Crippen molar-refractivity contribution < 1.29 is 18.5 Å². The third-order valence-electron chi connectivity index (χ3n) is 4.37. The number of aromatic nitrogens is 2. The lowest BCUT2D eigenvalue weighted by Crippen LogP contribution is -2.25. The molecule has 0 radical (unpaired) electrons. The van der Waals surface area contributed by atoms with Gasteiger partial charge in [0.05, 0.1) is 16.9 Å². The molecule has 2 aromatic carbocycles. The number of rotatable bonds is 6. The van der Waals surface area contributed by atoms with E-state index in [1.165, 1.54) is 47.3 Å². The van der Waals surface area contributed by atoms with Crippen molar-refractivity contribution in [1.29, 1.82) is 0 Å². The average Bonchev–Trinajstić information content (AvgIpc) is 3.43. The number of benzene rings is 2. The molecule has 2 heterocycles. The van der Waals surface area contributed by atoms with Gasteiger partial charge < -0.3 is 9.73 Å². The van der Waals surface area contributed by atoms with Gasteiger partial charge in [-0.25, -0.2) is 9.07 Å². The molecule has 8 nitrogen and oxygen atoms in total. The second kappa shape index (κ2) is 8.00. The van der Waals surface area contributed by atoms with E-state index in [-0.39, 0.29) is 23.7 Å². The smallest absolute Gasteiger partial charge is 0.271 e. The fraction of sp³-hybridized carbons (Fsp3) is 0.0476. The summed E-state index contributed by atoms with van der Waals surface area (Å²) in [7, 11) is 0. The lowest BCUT2D eigenvalue weighted by Gasteiger charge is -2.08. The molecular formula is C21H15FN4O4. The van der Waals surface area contributed by atoms with E-state index >= 15 is 0 Å². The van der Waals surface area contributed by atoms with Gasteiger partial charge in [0, 0.05) is 24.7 Å². The fourth-order valence-corrected chi connectivity index (χ4v) is 2.90. The van der Waals surface area contributed by atoms with E-state index in [2.05, 4.69) is 10.4 Å². The van der Waals surface area contributed by atoms with Gasteiger partial charge in [0.2, 0.25) is 0 Å². The van der Waals surface area contributed by atoms with Crippen LogP contribution in [0.5, 0.6) is 0 Å². The van der Waals surface area contributed by atoms with Crippen molar-refractivity contribution in [2.24, 2.45) is 0 Å². The number of amides is 1. The Morgan fingerprint density at radius 1 is 1.13 bits per heavy atom. The van der Waals surface area contributed by atoms with Crippen molar-refractivity contribution in [3.63, 3.8) is 0 Å². The molecule has 4 aromatic rings. The summed E-state index contributed by atoms with van der Waals surface area (Å²) in [6.07, 6.45) is 1.48. The molecule has 0 aliphatic heterocycles. The zero-order valence-electron chi connectivity index (χ0n) is 15.5. The quantitative estimate of drug-likeness (QED) is 0.383. The summed E-state index contributed by atoms with van der Waals surface area (Å²) in [5.41, 5.74) is 1.52. The number of hydrogen-bond donors (Lipinski definition) is 1. The van der Waals surface area contributed by atoms with E-state index in [0.717, 1.165) is 5.56 Å². The summed E-state index contributed by atoms with van der Waals surface area (Å²) in [5.74, 6) is -0.361. The van der Waals surface area contributed by atoms with Crippen molar-refractivity contribution in [3.8, 4) is 17.1 Å². The number of nitro benzene ring substituents is 1. The zero-order valence-corrected chi connectivity index (χ0v) is 15.5. The second-order valence-corrected chi connectivity index (χ2v) is 6.39. The van der Waals surface area contributed by atoms with Crippen LogP contribution in [0.3, 0.4) is 0 Å². The normalized spacial score (nSPS) is 10.7. The largest absolute Gasteiger partial charge is 0.463 e. The molecule has 150 valence electrons. The van der Waals surface area contributed by atoms with Crippen LogP contribution in [0.2, 0.25) is 0 Å². The molecule has 0 unspecified atom stereocenters. The summed E-state index contributed by atoms with van der Waals surface area (Å²) >= 11 is 0. The van der Waals surface area contributed by atoms with Crippen molar-refractivity contribution in [2.45, 2.75) is 6.54 Å². The van der Waals surface area contributed by atoms with Crippen LogP contribution in [0.1, 0.15) is 16.1 Å². The summed E-state index contributed by atoms with van der Waals surface area (Å²) in [5, 5.41) is 18.3. The molecule has 30 heavy (non-hydrogen) atoms. The standard InChI is InChI=1S/C21H15FN4O4/c22-15-8-6-14(7-9-15)13-23-21(27)19-12-18(20-5-2-10-30-20)24-25(19)16-3-1-4-17(11-16)26(28)29/h1-12H,13H2,(H,23,27). The molecule has 0 aliphatic rings. The number of hydrogen-bond acceptors (Lipinski definition) is 5. The highest BCUT2D eigenvalue weighted by Gasteiger charge is 2.20. The van der Waals surface area contributed by atoms with Gasteiger partial charge >= 0.3 is 0 Å². The summed E-state index contributed by atoms with van der Waals surface area (Å²) in [6.45, 7) is 0.176. The number of carbonyl (C=O) groups excluding carboxylic acids is 1. The van der Waals surface area contributed by atoms with Gasteiger partial charge in [-0.3, -0.25) is 14.9 Å². The first kappa shape index (κ1) is 19.1. The number of nitrogens with one attached hydrogen (secondary N) is 1. The SMILES string of the molecule is O=C(NCc1ccc(F)cc1)c1cc(-c2ccco2)nn1-c1cccc([N+](=O)[O-])c1. The van der Waals surface area contributed by atoms with Crippen molar-refractivity contribution in [3.05, 3.63) is 100 Å². The van der Waals surface area contributed by atoms with Gasteiger partial charge in [-0.2, -0.15) is 5.10 Å². The number of furan rings is 1. The minimum Gasteiger partial charge on any atom is -0.463 e. The minimum atomic E-state index is -0.519. The molecule has 0 saturated carbocycles. The molecule has 4 rings (SSSR count). The predicted octanol–water partition coefficient (Wildman–Crippen LogP) is 4.11. The third-order valence-corrected chi connectivity index (χ3v) is 4.37. The molecule has 1 amide bonds. The Kier molecular flexibility index (Phi) is 5.08. The molecule has 2 aromatic heterocycles. The Balaban J connectivity index is 1.68. The maximum atomic E-state index is 13.1. The van der Waals surface area contributed by atoms with Gasteiger partial charge in [-0.15, -0.1) is 0 Å². The Hall–Kier alpha value is -4.27. The van der Waals surface area contributed by atoms with Crippen molar-refractivity contribution in [1.82, 2.24) is 15.1 Å². The van der Waals surface area contributed by atoms with E-state index in [1.54, 1.807) is 30.3 Å². The Morgan fingerprint density at radius 2 is 1.93 bits per heavy atom. The average molecular weight is 406 g/mol. The lowest BCUT2D eigenvalue weighted by molar-refractivity contribution is -0.384. The van der Waals surface area contributed by atoms with Crippen molar-refractivity contribution >= 4 is 11.6 Å². The molecule has 0 saturated heterocycles. The lowest BCUT2D eigenvalue weighted by atomic mass is 10.2. The Labute approximate surface area is 169 Å².